The maximum atomic E-state index is 12.4. The lowest BCUT2D eigenvalue weighted by Crippen LogP contribution is -2.25. The van der Waals surface area contributed by atoms with E-state index in [4.69, 9.17) is 4.98 Å². The fourth-order valence-corrected chi connectivity index (χ4v) is 4.34. The van der Waals surface area contributed by atoms with Crippen molar-refractivity contribution in [1.82, 2.24) is 14.9 Å². The Balaban J connectivity index is 1.36. The molecule has 0 saturated carbocycles. The maximum Gasteiger partial charge on any atom is 0.251 e. The Morgan fingerprint density at radius 3 is 2.52 bits per heavy atom. The fourth-order valence-electron chi connectivity index (χ4n) is 4.34. The lowest BCUT2D eigenvalue weighted by atomic mass is 10.1. The minimum atomic E-state index is 0.0171. The van der Waals surface area contributed by atoms with E-state index >= 15 is 0 Å². The number of benzene rings is 3. The molecule has 3 aromatic carbocycles. The third-order valence-electron chi connectivity index (χ3n) is 6.32. The van der Waals surface area contributed by atoms with Crippen molar-refractivity contribution in [3.8, 4) is 0 Å². The van der Waals surface area contributed by atoms with Crippen molar-refractivity contribution in [3.05, 3.63) is 100 Å². The van der Waals surface area contributed by atoms with Crippen LogP contribution in [-0.2, 0) is 13.0 Å². The van der Waals surface area contributed by atoms with Crippen LogP contribution in [-0.4, -0.2) is 22.0 Å². The average Bonchev–Trinajstić information content (AvgIpc) is 3.16. The summed E-state index contributed by atoms with van der Waals surface area (Å²) < 4.78 is 2.37. The van der Waals surface area contributed by atoms with Crippen LogP contribution in [0.15, 0.2) is 66.7 Å². The van der Waals surface area contributed by atoms with Gasteiger partial charge in [-0.2, -0.15) is 0 Å². The van der Waals surface area contributed by atoms with Crippen LogP contribution in [0.5, 0.6) is 0 Å². The van der Waals surface area contributed by atoms with Gasteiger partial charge in [0, 0.05) is 25.1 Å². The third-order valence-corrected chi connectivity index (χ3v) is 6.32. The molecule has 0 spiro atoms. The minimum absolute atomic E-state index is 0.0171. The average molecular weight is 440 g/mol. The summed E-state index contributed by atoms with van der Waals surface area (Å²) >= 11 is 0. The highest BCUT2D eigenvalue weighted by molar-refractivity contribution is 5.95. The van der Waals surface area contributed by atoms with Crippen molar-refractivity contribution in [1.29, 1.82) is 0 Å². The Morgan fingerprint density at radius 1 is 0.879 bits per heavy atom. The van der Waals surface area contributed by atoms with E-state index in [2.05, 4.69) is 66.2 Å². The fraction of sp³-hybridized carbons (Fsp3) is 0.310. The second-order valence-corrected chi connectivity index (χ2v) is 8.91. The van der Waals surface area contributed by atoms with Gasteiger partial charge in [0.25, 0.3) is 5.91 Å². The van der Waals surface area contributed by atoms with Crippen molar-refractivity contribution in [2.24, 2.45) is 0 Å². The van der Waals surface area contributed by atoms with Gasteiger partial charge in [0.2, 0.25) is 0 Å². The van der Waals surface area contributed by atoms with E-state index < -0.39 is 0 Å². The molecule has 4 rings (SSSR count). The number of aryl methyl sites for hydroxylation is 4. The molecule has 4 nitrogen and oxygen atoms in total. The van der Waals surface area contributed by atoms with Gasteiger partial charge in [0.1, 0.15) is 5.82 Å². The second-order valence-electron chi connectivity index (χ2n) is 8.91. The molecule has 1 heterocycles. The number of fused-ring (bicyclic) bond motifs is 1. The van der Waals surface area contributed by atoms with Gasteiger partial charge in [-0.15, -0.1) is 0 Å². The lowest BCUT2D eigenvalue weighted by Gasteiger charge is -2.13. The van der Waals surface area contributed by atoms with Crippen LogP contribution in [0.1, 0.15) is 57.7 Å². The Bertz CT molecular complexity index is 1250. The second kappa shape index (κ2) is 10.5. The number of hydrogen-bond donors (Lipinski definition) is 1. The molecule has 0 radical (unpaired) electrons. The zero-order valence-electron chi connectivity index (χ0n) is 19.9. The minimum Gasteiger partial charge on any atom is -0.352 e. The van der Waals surface area contributed by atoms with E-state index in [-0.39, 0.29) is 5.91 Å². The first-order valence-corrected chi connectivity index (χ1v) is 11.9. The van der Waals surface area contributed by atoms with Gasteiger partial charge in [-0.1, -0.05) is 60.5 Å². The number of aromatic nitrogens is 2. The standard InChI is InChI=1S/C29H33N3O/c1-21-16-17-22(2)24(19-21)20-32-27-14-9-8-13-26(27)31-28(32)15-5-4-10-18-30-29(33)25-12-7-6-11-23(25)3/h6-9,11-14,16-17,19H,4-5,10,15,18,20H2,1-3H3,(H,30,33). The molecule has 4 aromatic rings. The molecule has 33 heavy (non-hydrogen) atoms. The van der Waals surface area contributed by atoms with Crippen molar-refractivity contribution >= 4 is 16.9 Å². The summed E-state index contributed by atoms with van der Waals surface area (Å²) in [6, 6.07) is 22.8. The van der Waals surface area contributed by atoms with Crippen LogP contribution in [0.2, 0.25) is 0 Å². The number of para-hydroxylation sites is 2. The molecule has 0 aliphatic rings. The molecule has 1 amide bonds. The van der Waals surface area contributed by atoms with Gasteiger partial charge >= 0.3 is 0 Å². The van der Waals surface area contributed by atoms with Crippen molar-refractivity contribution in [2.45, 2.75) is 53.0 Å². The number of nitrogens with zero attached hydrogens (tertiary/aromatic N) is 2. The molecule has 170 valence electrons. The number of unbranched alkanes of at least 4 members (excludes halogenated alkanes) is 2. The lowest BCUT2D eigenvalue weighted by molar-refractivity contribution is 0.0952. The first-order chi connectivity index (χ1) is 16.0. The summed E-state index contributed by atoms with van der Waals surface area (Å²) in [6.45, 7) is 7.84. The van der Waals surface area contributed by atoms with E-state index in [9.17, 15) is 4.79 Å². The van der Waals surface area contributed by atoms with E-state index in [0.717, 1.165) is 54.7 Å². The number of rotatable bonds is 9. The quantitative estimate of drug-likeness (QED) is 0.318. The molecule has 1 aromatic heterocycles. The van der Waals surface area contributed by atoms with Crippen LogP contribution in [0.3, 0.4) is 0 Å². The highest BCUT2D eigenvalue weighted by Crippen LogP contribution is 2.21. The predicted molar refractivity (Wildman–Crippen MR) is 136 cm³/mol. The zero-order chi connectivity index (χ0) is 23.2. The van der Waals surface area contributed by atoms with Gasteiger partial charge in [0.15, 0.2) is 0 Å². The molecule has 0 bridgehead atoms. The van der Waals surface area contributed by atoms with Crippen molar-refractivity contribution < 1.29 is 4.79 Å². The van der Waals surface area contributed by atoms with Gasteiger partial charge in [-0.05, 0) is 68.5 Å². The Labute approximate surface area is 196 Å². The summed E-state index contributed by atoms with van der Waals surface area (Å²) in [5, 5.41) is 3.06. The molecule has 4 heteroatoms. The van der Waals surface area contributed by atoms with Crippen LogP contribution >= 0.6 is 0 Å². The number of amides is 1. The van der Waals surface area contributed by atoms with E-state index in [1.807, 2.05) is 31.2 Å². The summed E-state index contributed by atoms with van der Waals surface area (Å²) in [7, 11) is 0. The Hall–Kier alpha value is -3.40. The molecule has 0 aliphatic heterocycles. The summed E-state index contributed by atoms with van der Waals surface area (Å²) in [4.78, 5) is 17.3. The molecular weight excluding hydrogens is 406 g/mol. The molecule has 1 N–H and O–H groups in total. The van der Waals surface area contributed by atoms with Crippen molar-refractivity contribution in [3.63, 3.8) is 0 Å². The normalized spacial score (nSPS) is 11.1. The number of hydrogen-bond acceptors (Lipinski definition) is 2. The first kappa shape index (κ1) is 22.8. The largest absolute Gasteiger partial charge is 0.352 e. The van der Waals surface area contributed by atoms with Gasteiger partial charge in [-0.3, -0.25) is 4.79 Å². The number of imidazole rings is 1. The number of carbonyl (C=O) groups excluding carboxylic acids is 1. The first-order valence-electron chi connectivity index (χ1n) is 11.9. The van der Waals surface area contributed by atoms with Crippen LogP contribution in [0.4, 0.5) is 0 Å². The Kier molecular flexibility index (Phi) is 7.23. The van der Waals surface area contributed by atoms with Crippen LogP contribution in [0, 0.1) is 20.8 Å². The van der Waals surface area contributed by atoms with Gasteiger partial charge in [-0.25, -0.2) is 4.98 Å². The van der Waals surface area contributed by atoms with E-state index in [0.29, 0.717) is 6.54 Å². The highest BCUT2D eigenvalue weighted by Gasteiger charge is 2.12. The molecule has 0 unspecified atom stereocenters. The summed E-state index contributed by atoms with van der Waals surface area (Å²) in [6.07, 6.45) is 4.01. The van der Waals surface area contributed by atoms with Crippen LogP contribution in [0.25, 0.3) is 11.0 Å². The molecule has 0 atom stereocenters. The number of nitrogens with one attached hydrogen (secondary N) is 1. The zero-order valence-corrected chi connectivity index (χ0v) is 19.9. The highest BCUT2D eigenvalue weighted by atomic mass is 16.1. The summed E-state index contributed by atoms with van der Waals surface area (Å²) in [5.74, 6) is 1.16. The summed E-state index contributed by atoms with van der Waals surface area (Å²) in [5.41, 5.74) is 7.97. The SMILES string of the molecule is Cc1ccc(C)c(Cn2c(CCCCCNC(=O)c3ccccc3C)nc3ccccc32)c1. The van der Waals surface area contributed by atoms with E-state index in [1.54, 1.807) is 0 Å². The van der Waals surface area contributed by atoms with E-state index in [1.165, 1.54) is 22.2 Å². The monoisotopic (exact) mass is 439 g/mol. The molecule has 0 aliphatic carbocycles. The maximum absolute atomic E-state index is 12.4. The topological polar surface area (TPSA) is 46.9 Å². The third kappa shape index (κ3) is 5.51. The molecule has 0 fully saturated rings. The molecule has 0 saturated heterocycles. The van der Waals surface area contributed by atoms with Gasteiger partial charge < -0.3 is 9.88 Å². The Morgan fingerprint density at radius 2 is 1.67 bits per heavy atom. The smallest absolute Gasteiger partial charge is 0.251 e. The van der Waals surface area contributed by atoms with Gasteiger partial charge in [0.05, 0.1) is 11.0 Å². The predicted octanol–water partition coefficient (Wildman–Crippen LogP) is 6.15. The molecular formula is C29H33N3O. The van der Waals surface area contributed by atoms with Crippen molar-refractivity contribution in [2.75, 3.05) is 6.54 Å². The number of carbonyl (C=O) groups is 1. The van der Waals surface area contributed by atoms with Crippen LogP contribution < -0.4 is 5.32 Å².